The maximum Gasteiger partial charge on any atom is 0.308 e. The molecule has 0 aliphatic heterocycles. The normalized spacial score (nSPS) is 33.2. The van der Waals surface area contributed by atoms with Crippen LogP contribution < -0.4 is 4.74 Å². The summed E-state index contributed by atoms with van der Waals surface area (Å²) in [7, 11) is 3.10. The topological polar surface area (TPSA) is 95.8 Å². The van der Waals surface area contributed by atoms with Crippen LogP contribution >= 0.6 is 0 Å². The fourth-order valence-electron chi connectivity index (χ4n) is 6.26. The lowest BCUT2D eigenvalue weighted by atomic mass is 9.54. The summed E-state index contributed by atoms with van der Waals surface area (Å²) < 4.78 is 11.2. The van der Waals surface area contributed by atoms with E-state index in [1.165, 1.54) is 21.0 Å². The Kier molecular flexibility index (Phi) is 5.97. The first-order valence-electron chi connectivity index (χ1n) is 11.0. The Morgan fingerprint density at radius 2 is 1.84 bits per heavy atom. The number of carbonyl (C=O) groups is 2. The third-order valence-electron chi connectivity index (χ3n) is 7.28. The smallest absolute Gasteiger partial charge is 0.308 e. The molecule has 5 unspecified atom stereocenters. The molecule has 2 saturated carbocycles. The molecular weight excluding hydrogens is 412 g/mol. The Labute approximate surface area is 187 Å². The molecule has 4 rings (SSSR count). The standard InChI is InChI=1S/C24H30N2O6/c1-13(27)31-15-6-7-16-17(10-15)20(25-29-4)11-18-19-8-9-22(26-30-5)24(19,3)12-21(23(16)18)32-14(2)28/h6-7,10,18-19,21,23H,8-9,11-12H2,1-5H3/b25-20-,26-22+. The molecule has 32 heavy (non-hydrogen) atoms. The number of rotatable bonds is 4. The van der Waals surface area contributed by atoms with Gasteiger partial charge in [0.05, 0.1) is 11.4 Å². The van der Waals surface area contributed by atoms with Gasteiger partial charge in [-0.25, -0.2) is 0 Å². The van der Waals surface area contributed by atoms with Crippen molar-refractivity contribution in [1.29, 1.82) is 0 Å². The van der Waals surface area contributed by atoms with Gasteiger partial charge in [-0.05, 0) is 55.2 Å². The third-order valence-corrected chi connectivity index (χ3v) is 7.28. The Morgan fingerprint density at radius 3 is 2.50 bits per heavy atom. The number of carbonyl (C=O) groups excluding carboxylic acids is 2. The van der Waals surface area contributed by atoms with E-state index in [1.807, 2.05) is 12.1 Å². The van der Waals surface area contributed by atoms with Crippen molar-refractivity contribution < 1.29 is 28.7 Å². The quantitative estimate of drug-likeness (QED) is 0.400. The van der Waals surface area contributed by atoms with Gasteiger partial charge in [-0.2, -0.15) is 0 Å². The molecule has 1 aromatic carbocycles. The molecule has 0 spiro atoms. The molecule has 0 heterocycles. The number of oxime groups is 2. The van der Waals surface area contributed by atoms with Gasteiger partial charge in [0.15, 0.2) is 0 Å². The minimum Gasteiger partial charge on any atom is -0.462 e. The van der Waals surface area contributed by atoms with Crippen LogP contribution in [0.3, 0.4) is 0 Å². The number of benzene rings is 1. The van der Waals surface area contributed by atoms with E-state index >= 15 is 0 Å². The summed E-state index contributed by atoms with van der Waals surface area (Å²) in [6.45, 7) is 5.03. The summed E-state index contributed by atoms with van der Waals surface area (Å²) in [5.74, 6) is 0.328. The first kappa shape index (κ1) is 22.3. The van der Waals surface area contributed by atoms with Gasteiger partial charge in [-0.3, -0.25) is 9.59 Å². The van der Waals surface area contributed by atoms with Gasteiger partial charge in [0.1, 0.15) is 26.1 Å². The Morgan fingerprint density at radius 1 is 1.09 bits per heavy atom. The van der Waals surface area contributed by atoms with Crippen molar-refractivity contribution in [1.82, 2.24) is 0 Å². The van der Waals surface area contributed by atoms with Gasteiger partial charge in [-0.15, -0.1) is 0 Å². The zero-order chi connectivity index (χ0) is 23.0. The minimum absolute atomic E-state index is 0.0102. The van der Waals surface area contributed by atoms with Crippen LogP contribution in [0, 0.1) is 17.3 Å². The summed E-state index contributed by atoms with van der Waals surface area (Å²) in [5.41, 5.74) is 3.53. The van der Waals surface area contributed by atoms with E-state index in [4.69, 9.17) is 19.1 Å². The summed E-state index contributed by atoms with van der Waals surface area (Å²) in [6.07, 6.45) is 2.91. The van der Waals surface area contributed by atoms with Gasteiger partial charge < -0.3 is 19.1 Å². The molecule has 172 valence electrons. The van der Waals surface area contributed by atoms with E-state index in [2.05, 4.69) is 17.2 Å². The van der Waals surface area contributed by atoms with Gasteiger partial charge in [0, 0.05) is 30.7 Å². The Balaban J connectivity index is 1.84. The molecule has 1 aromatic rings. The molecule has 0 N–H and O–H groups in total. The summed E-state index contributed by atoms with van der Waals surface area (Å²) in [6, 6.07) is 5.59. The van der Waals surface area contributed by atoms with Gasteiger partial charge >= 0.3 is 11.9 Å². The van der Waals surface area contributed by atoms with Crippen LogP contribution in [0.4, 0.5) is 0 Å². The zero-order valence-electron chi connectivity index (χ0n) is 19.2. The fourth-order valence-corrected chi connectivity index (χ4v) is 6.26. The lowest BCUT2D eigenvalue weighted by Gasteiger charge is -2.51. The molecule has 0 amide bonds. The molecule has 0 radical (unpaired) electrons. The van der Waals surface area contributed by atoms with Crippen LogP contribution in [0.1, 0.15) is 63.5 Å². The number of ether oxygens (including phenoxy) is 2. The second-order valence-electron chi connectivity index (χ2n) is 9.09. The monoisotopic (exact) mass is 442 g/mol. The van der Waals surface area contributed by atoms with E-state index < -0.39 is 0 Å². The maximum absolute atomic E-state index is 12.1. The maximum atomic E-state index is 12.1. The summed E-state index contributed by atoms with van der Waals surface area (Å²) >= 11 is 0. The number of esters is 2. The second kappa shape index (κ2) is 8.56. The number of hydrogen-bond acceptors (Lipinski definition) is 8. The van der Waals surface area contributed by atoms with Gasteiger partial charge in [0.25, 0.3) is 0 Å². The van der Waals surface area contributed by atoms with Gasteiger partial charge in [-0.1, -0.05) is 23.3 Å². The second-order valence-corrected chi connectivity index (χ2v) is 9.09. The molecule has 8 nitrogen and oxygen atoms in total. The lowest BCUT2D eigenvalue weighted by molar-refractivity contribution is -0.153. The molecule has 0 bridgehead atoms. The zero-order valence-corrected chi connectivity index (χ0v) is 19.2. The van der Waals surface area contributed by atoms with Crippen molar-refractivity contribution in [3.8, 4) is 5.75 Å². The van der Waals surface area contributed by atoms with Crippen LogP contribution in [-0.2, 0) is 24.0 Å². The predicted octanol–water partition coefficient (Wildman–Crippen LogP) is 3.82. The average molecular weight is 443 g/mol. The molecule has 2 fully saturated rings. The molecule has 8 heteroatoms. The molecule has 0 aromatic heterocycles. The summed E-state index contributed by atoms with van der Waals surface area (Å²) in [4.78, 5) is 33.9. The largest absolute Gasteiger partial charge is 0.462 e. The highest BCUT2D eigenvalue weighted by Gasteiger charge is 2.59. The van der Waals surface area contributed by atoms with Crippen LogP contribution in [0.15, 0.2) is 28.5 Å². The van der Waals surface area contributed by atoms with Crippen LogP contribution in [0.2, 0.25) is 0 Å². The van der Waals surface area contributed by atoms with Crippen molar-refractivity contribution in [2.45, 2.75) is 58.5 Å². The number of nitrogens with zero attached hydrogens (tertiary/aromatic N) is 2. The van der Waals surface area contributed by atoms with Crippen molar-refractivity contribution in [3.63, 3.8) is 0 Å². The Bertz CT molecular complexity index is 987. The van der Waals surface area contributed by atoms with Crippen molar-refractivity contribution in [2.75, 3.05) is 14.2 Å². The predicted molar refractivity (Wildman–Crippen MR) is 118 cm³/mol. The minimum atomic E-state index is -0.383. The fraction of sp³-hybridized carbons (Fsp3) is 0.583. The lowest BCUT2D eigenvalue weighted by Crippen LogP contribution is -2.51. The third kappa shape index (κ3) is 3.76. The molecular formula is C24H30N2O6. The van der Waals surface area contributed by atoms with E-state index in [1.54, 1.807) is 13.2 Å². The molecule has 5 atom stereocenters. The van der Waals surface area contributed by atoms with Crippen molar-refractivity contribution >= 4 is 23.4 Å². The van der Waals surface area contributed by atoms with E-state index in [0.717, 1.165) is 35.4 Å². The molecule has 3 aliphatic carbocycles. The van der Waals surface area contributed by atoms with Crippen LogP contribution in [-0.4, -0.2) is 43.7 Å². The van der Waals surface area contributed by atoms with Crippen LogP contribution in [0.5, 0.6) is 5.75 Å². The highest BCUT2D eigenvalue weighted by Crippen LogP contribution is 2.60. The highest BCUT2D eigenvalue weighted by atomic mass is 16.6. The molecule has 3 aliphatic rings. The van der Waals surface area contributed by atoms with E-state index in [0.29, 0.717) is 24.5 Å². The van der Waals surface area contributed by atoms with E-state index in [-0.39, 0.29) is 35.3 Å². The summed E-state index contributed by atoms with van der Waals surface area (Å²) in [5, 5.41) is 8.67. The van der Waals surface area contributed by atoms with Crippen molar-refractivity contribution in [2.24, 2.45) is 27.6 Å². The van der Waals surface area contributed by atoms with Crippen molar-refractivity contribution in [3.05, 3.63) is 29.3 Å². The van der Waals surface area contributed by atoms with Gasteiger partial charge in [0.2, 0.25) is 0 Å². The van der Waals surface area contributed by atoms with E-state index in [9.17, 15) is 9.59 Å². The highest BCUT2D eigenvalue weighted by molar-refractivity contribution is 6.04. The first-order valence-corrected chi connectivity index (χ1v) is 11.0. The molecule has 0 saturated heterocycles. The number of hydrogen-bond donors (Lipinski definition) is 0. The van der Waals surface area contributed by atoms with Crippen LogP contribution in [0.25, 0.3) is 0 Å². The first-order chi connectivity index (χ1) is 15.3. The SMILES string of the molecule is CO/N=C1/CC2C(c3ccc(OC(C)=O)cc31)C(OC(C)=O)CC1(C)/C(=N/OC)CCC21. The number of fused-ring (bicyclic) bond motifs is 5. The Hall–Kier alpha value is -2.90. The average Bonchev–Trinajstić information content (AvgIpc) is 3.04.